The summed E-state index contributed by atoms with van der Waals surface area (Å²) in [6.07, 6.45) is -1.31. The Morgan fingerprint density at radius 2 is 1.87 bits per heavy atom. The number of carbonyl (C=O) groups is 1. The first-order valence-electron chi connectivity index (χ1n) is 6.80. The molecule has 7 heteroatoms. The fourth-order valence-electron chi connectivity index (χ4n) is 2.92. The van der Waals surface area contributed by atoms with E-state index in [0.29, 0.717) is 5.75 Å². The smallest absolute Gasteiger partial charge is 0.281 e. The molecular formula is C16H12O7. The van der Waals surface area contributed by atoms with Gasteiger partial charge in [0.1, 0.15) is 34.3 Å². The van der Waals surface area contributed by atoms with Gasteiger partial charge in [-0.2, -0.15) is 0 Å². The Hall–Kier alpha value is -2.93. The molecule has 4 rings (SSSR count). The van der Waals surface area contributed by atoms with E-state index in [9.17, 15) is 20.1 Å². The minimum Gasteiger partial charge on any atom is -0.508 e. The van der Waals surface area contributed by atoms with Crippen LogP contribution in [0.4, 0.5) is 0 Å². The lowest BCUT2D eigenvalue weighted by atomic mass is 9.84. The molecule has 2 aromatic carbocycles. The molecule has 0 bridgehead atoms. The van der Waals surface area contributed by atoms with Gasteiger partial charge >= 0.3 is 0 Å². The Morgan fingerprint density at radius 3 is 2.61 bits per heavy atom. The van der Waals surface area contributed by atoms with Crippen molar-refractivity contribution in [3.8, 4) is 28.7 Å². The van der Waals surface area contributed by atoms with Gasteiger partial charge in [-0.25, -0.2) is 0 Å². The summed E-state index contributed by atoms with van der Waals surface area (Å²) in [5, 5.41) is 30.4. The highest BCUT2D eigenvalue weighted by molar-refractivity contribution is 6.09. The molecule has 2 heterocycles. The summed E-state index contributed by atoms with van der Waals surface area (Å²) >= 11 is 0. The van der Waals surface area contributed by atoms with Crippen molar-refractivity contribution >= 4 is 5.78 Å². The number of aliphatic hydroxyl groups is 1. The number of phenols is 2. The van der Waals surface area contributed by atoms with Crippen LogP contribution in [-0.4, -0.2) is 34.5 Å². The number of ether oxygens (including phenoxy) is 3. The average molecular weight is 316 g/mol. The van der Waals surface area contributed by atoms with Gasteiger partial charge in [0, 0.05) is 23.8 Å². The first-order chi connectivity index (χ1) is 10.9. The van der Waals surface area contributed by atoms with Crippen LogP contribution >= 0.6 is 0 Å². The molecule has 23 heavy (non-hydrogen) atoms. The molecule has 2 atom stereocenters. The average Bonchev–Trinajstić information content (AvgIpc) is 2.79. The minimum absolute atomic E-state index is 0.0538. The molecular weight excluding hydrogens is 304 g/mol. The normalized spacial score (nSPS) is 24.1. The van der Waals surface area contributed by atoms with Crippen LogP contribution in [0.2, 0.25) is 0 Å². The minimum atomic E-state index is -2.08. The number of benzene rings is 2. The van der Waals surface area contributed by atoms with Gasteiger partial charge in [0.05, 0.1) is 7.11 Å². The Morgan fingerprint density at radius 1 is 1.13 bits per heavy atom. The molecule has 3 N–H and O–H groups in total. The molecule has 0 fully saturated rings. The molecule has 0 aromatic heterocycles. The van der Waals surface area contributed by atoms with E-state index in [0.717, 1.165) is 6.07 Å². The van der Waals surface area contributed by atoms with E-state index in [-0.39, 0.29) is 28.4 Å². The summed E-state index contributed by atoms with van der Waals surface area (Å²) < 4.78 is 16.1. The van der Waals surface area contributed by atoms with Crippen LogP contribution < -0.4 is 14.2 Å². The van der Waals surface area contributed by atoms with Crippen LogP contribution in [0.5, 0.6) is 28.7 Å². The van der Waals surface area contributed by atoms with Gasteiger partial charge in [0.15, 0.2) is 0 Å². The van der Waals surface area contributed by atoms with Gasteiger partial charge in [-0.15, -0.1) is 0 Å². The lowest BCUT2D eigenvalue weighted by Gasteiger charge is -2.33. The first kappa shape index (κ1) is 13.7. The molecule has 0 amide bonds. The lowest BCUT2D eigenvalue weighted by molar-refractivity contribution is -0.118. The molecule has 0 saturated heterocycles. The maximum Gasteiger partial charge on any atom is 0.281 e. The van der Waals surface area contributed by atoms with E-state index in [4.69, 9.17) is 14.2 Å². The van der Waals surface area contributed by atoms with Gasteiger partial charge in [-0.1, -0.05) is 0 Å². The van der Waals surface area contributed by atoms with Crippen molar-refractivity contribution in [1.29, 1.82) is 0 Å². The van der Waals surface area contributed by atoms with Crippen LogP contribution in [0.15, 0.2) is 30.3 Å². The van der Waals surface area contributed by atoms with Crippen LogP contribution in [-0.2, 0) is 5.60 Å². The SMILES string of the molecule is COc1ccc2c(c1)O[C@H]1Oc3cc(O)cc(O)c3C(=O)[C@@]21O. The van der Waals surface area contributed by atoms with Crippen molar-refractivity contribution in [3.63, 3.8) is 0 Å². The van der Waals surface area contributed by atoms with E-state index in [1.165, 1.54) is 25.3 Å². The third kappa shape index (κ3) is 1.65. The second kappa shape index (κ2) is 4.30. The van der Waals surface area contributed by atoms with E-state index >= 15 is 0 Å². The van der Waals surface area contributed by atoms with E-state index in [1.54, 1.807) is 6.07 Å². The second-order valence-corrected chi connectivity index (χ2v) is 5.36. The number of methoxy groups -OCH3 is 1. The zero-order chi connectivity index (χ0) is 16.4. The van der Waals surface area contributed by atoms with Crippen molar-refractivity contribution in [2.45, 2.75) is 11.9 Å². The van der Waals surface area contributed by atoms with Crippen molar-refractivity contribution in [2.75, 3.05) is 7.11 Å². The highest BCUT2D eigenvalue weighted by Crippen LogP contribution is 2.51. The summed E-state index contributed by atoms with van der Waals surface area (Å²) in [5.41, 5.74) is -2.05. The fourth-order valence-corrected chi connectivity index (χ4v) is 2.92. The van der Waals surface area contributed by atoms with Gasteiger partial charge in [-0.05, 0) is 12.1 Å². The van der Waals surface area contributed by atoms with Crippen LogP contribution in [0, 0.1) is 0 Å². The largest absolute Gasteiger partial charge is 0.508 e. The topological polar surface area (TPSA) is 105 Å². The predicted octanol–water partition coefficient (Wildman–Crippen LogP) is 1.29. The maximum atomic E-state index is 12.8. The number of hydrogen-bond acceptors (Lipinski definition) is 7. The zero-order valence-corrected chi connectivity index (χ0v) is 11.9. The number of phenolic OH excluding ortho intramolecular Hbond substituents is 2. The number of fused-ring (bicyclic) bond motifs is 4. The molecule has 0 radical (unpaired) electrons. The van der Waals surface area contributed by atoms with E-state index < -0.39 is 23.4 Å². The number of rotatable bonds is 1. The highest BCUT2D eigenvalue weighted by atomic mass is 16.7. The predicted molar refractivity (Wildman–Crippen MR) is 76.0 cm³/mol. The summed E-state index contributed by atoms with van der Waals surface area (Å²) in [5.74, 6) is -0.805. The van der Waals surface area contributed by atoms with Crippen molar-refractivity contribution < 1.29 is 34.3 Å². The van der Waals surface area contributed by atoms with Crippen molar-refractivity contribution in [2.24, 2.45) is 0 Å². The third-order valence-corrected chi connectivity index (χ3v) is 4.05. The monoisotopic (exact) mass is 316 g/mol. The summed E-state index contributed by atoms with van der Waals surface area (Å²) in [6, 6.07) is 6.82. The molecule has 0 spiro atoms. The van der Waals surface area contributed by atoms with E-state index in [1.807, 2.05) is 0 Å². The Bertz CT molecular complexity index is 845. The van der Waals surface area contributed by atoms with E-state index in [2.05, 4.69) is 0 Å². The Balaban J connectivity index is 1.90. The highest BCUT2D eigenvalue weighted by Gasteiger charge is 2.59. The standard InChI is InChI=1S/C16H12O7/c1-21-8-2-3-9-11(6-8)22-15-16(9,20)14(19)13-10(18)4-7(17)5-12(13)23-15/h2-6,15,17-18,20H,1H3/t15-,16-/m0/s1. The third-order valence-electron chi connectivity index (χ3n) is 4.05. The summed E-state index contributed by atoms with van der Waals surface area (Å²) in [4.78, 5) is 12.8. The van der Waals surface area contributed by atoms with Crippen molar-refractivity contribution in [1.82, 2.24) is 0 Å². The second-order valence-electron chi connectivity index (χ2n) is 5.36. The molecule has 0 aliphatic carbocycles. The van der Waals surface area contributed by atoms with Crippen LogP contribution in [0.3, 0.4) is 0 Å². The van der Waals surface area contributed by atoms with Gasteiger partial charge in [-0.3, -0.25) is 4.79 Å². The molecule has 2 aromatic rings. The Labute approximate surface area is 130 Å². The molecule has 7 nitrogen and oxygen atoms in total. The van der Waals surface area contributed by atoms with Gasteiger partial charge in [0.25, 0.3) is 6.29 Å². The molecule has 118 valence electrons. The zero-order valence-electron chi connectivity index (χ0n) is 11.9. The lowest BCUT2D eigenvalue weighted by Crippen LogP contribution is -2.51. The number of ketones is 1. The van der Waals surface area contributed by atoms with Crippen LogP contribution in [0.25, 0.3) is 0 Å². The molecule has 0 saturated carbocycles. The number of carbonyl (C=O) groups excluding carboxylic acids is 1. The number of aromatic hydroxyl groups is 2. The molecule has 2 aliphatic heterocycles. The molecule has 2 aliphatic rings. The quantitative estimate of drug-likeness (QED) is 0.728. The van der Waals surface area contributed by atoms with Gasteiger partial charge < -0.3 is 29.5 Å². The summed E-state index contributed by atoms with van der Waals surface area (Å²) in [6.45, 7) is 0. The molecule has 0 unspecified atom stereocenters. The number of hydrogen-bond donors (Lipinski definition) is 3. The Kier molecular flexibility index (Phi) is 2.56. The fraction of sp³-hybridized carbons (Fsp3) is 0.188. The number of Topliss-reactive ketones (excluding diaryl/α,β-unsaturated/α-hetero) is 1. The summed E-state index contributed by atoms with van der Waals surface area (Å²) in [7, 11) is 1.48. The maximum absolute atomic E-state index is 12.8. The van der Waals surface area contributed by atoms with Crippen LogP contribution in [0.1, 0.15) is 15.9 Å². The van der Waals surface area contributed by atoms with Crippen molar-refractivity contribution in [3.05, 3.63) is 41.5 Å². The van der Waals surface area contributed by atoms with Gasteiger partial charge in [0.2, 0.25) is 11.4 Å². The first-order valence-corrected chi connectivity index (χ1v) is 6.80.